The van der Waals surface area contributed by atoms with Crippen molar-refractivity contribution in [3.8, 4) is 11.3 Å². The number of halogens is 1. The summed E-state index contributed by atoms with van der Waals surface area (Å²) in [4.78, 5) is 14.6. The summed E-state index contributed by atoms with van der Waals surface area (Å²) in [6.07, 6.45) is 2.54. The van der Waals surface area contributed by atoms with Gasteiger partial charge in [0.25, 0.3) is 5.56 Å². The summed E-state index contributed by atoms with van der Waals surface area (Å²) in [6, 6.07) is 11.9. The molecule has 0 amide bonds. The van der Waals surface area contributed by atoms with Crippen LogP contribution in [0.3, 0.4) is 0 Å². The number of nitrogens with zero attached hydrogens (tertiary/aromatic N) is 3. The zero-order valence-electron chi connectivity index (χ0n) is 12.9. The van der Waals surface area contributed by atoms with Gasteiger partial charge in [-0.1, -0.05) is 30.3 Å². The zero-order chi connectivity index (χ0) is 14.7. The van der Waals surface area contributed by atoms with Gasteiger partial charge in [0.2, 0.25) is 0 Å². The van der Waals surface area contributed by atoms with Crippen molar-refractivity contribution in [2.24, 2.45) is 0 Å². The Morgan fingerprint density at radius 1 is 1.09 bits per heavy atom. The van der Waals surface area contributed by atoms with Crippen LogP contribution in [0.5, 0.6) is 0 Å². The normalized spacial score (nSPS) is 14.8. The molecule has 0 unspecified atom stereocenters. The molecule has 118 valence electrons. The molecule has 0 bridgehead atoms. The van der Waals surface area contributed by atoms with Gasteiger partial charge in [-0.3, -0.25) is 4.79 Å². The van der Waals surface area contributed by atoms with E-state index in [4.69, 9.17) is 0 Å². The third-order valence-corrected chi connectivity index (χ3v) is 4.05. The second-order valence-electron chi connectivity index (χ2n) is 5.66. The van der Waals surface area contributed by atoms with Gasteiger partial charge in [-0.2, -0.15) is 5.10 Å². The largest absolute Gasteiger partial charge is 0.301 e. The minimum atomic E-state index is 0. The molecule has 1 aromatic heterocycles. The SMILES string of the molecule is Cc1cc(-c2ccccc2)nn(CCN2CCCC2)c1=O.Cl. The first-order valence-corrected chi connectivity index (χ1v) is 7.60. The van der Waals surface area contributed by atoms with Crippen molar-refractivity contribution in [3.05, 3.63) is 52.3 Å². The van der Waals surface area contributed by atoms with Crippen LogP contribution < -0.4 is 5.56 Å². The highest BCUT2D eigenvalue weighted by Crippen LogP contribution is 2.15. The van der Waals surface area contributed by atoms with Gasteiger partial charge < -0.3 is 4.90 Å². The molecular weight excluding hydrogens is 298 g/mol. The maximum absolute atomic E-state index is 12.2. The van der Waals surface area contributed by atoms with Crippen molar-refractivity contribution in [1.29, 1.82) is 0 Å². The van der Waals surface area contributed by atoms with Crippen molar-refractivity contribution in [2.45, 2.75) is 26.3 Å². The third kappa shape index (κ3) is 3.76. The minimum absolute atomic E-state index is 0. The Kier molecular flexibility index (Phi) is 5.75. The van der Waals surface area contributed by atoms with Crippen LogP contribution in [0.4, 0.5) is 0 Å². The van der Waals surface area contributed by atoms with Crippen LogP contribution in [0, 0.1) is 6.92 Å². The molecule has 0 N–H and O–H groups in total. The van der Waals surface area contributed by atoms with Gasteiger partial charge in [0.05, 0.1) is 12.2 Å². The quantitative estimate of drug-likeness (QED) is 0.869. The van der Waals surface area contributed by atoms with E-state index in [1.165, 1.54) is 12.8 Å². The average Bonchev–Trinajstić information content (AvgIpc) is 3.03. The second kappa shape index (κ2) is 7.56. The average molecular weight is 320 g/mol. The molecule has 0 atom stereocenters. The molecule has 0 radical (unpaired) electrons. The minimum Gasteiger partial charge on any atom is -0.301 e. The Balaban J connectivity index is 0.00000176. The lowest BCUT2D eigenvalue weighted by atomic mass is 10.1. The van der Waals surface area contributed by atoms with Crippen molar-refractivity contribution in [2.75, 3.05) is 19.6 Å². The van der Waals surface area contributed by atoms with Gasteiger partial charge >= 0.3 is 0 Å². The smallest absolute Gasteiger partial charge is 0.269 e. The van der Waals surface area contributed by atoms with Gasteiger partial charge in [-0.25, -0.2) is 4.68 Å². The standard InChI is InChI=1S/C17H21N3O.ClH/c1-14-13-16(15-7-3-2-4-8-15)18-20(17(14)21)12-11-19-9-5-6-10-19;/h2-4,7-8,13H,5-6,9-12H2,1H3;1H. The number of rotatable bonds is 4. The van der Waals surface area contributed by atoms with Crippen LogP contribution in [0.1, 0.15) is 18.4 Å². The van der Waals surface area contributed by atoms with Crippen LogP contribution >= 0.6 is 12.4 Å². The Morgan fingerprint density at radius 3 is 2.45 bits per heavy atom. The highest BCUT2D eigenvalue weighted by molar-refractivity contribution is 5.85. The second-order valence-corrected chi connectivity index (χ2v) is 5.66. The molecule has 1 saturated heterocycles. The summed E-state index contributed by atoms with van der Waals surface area (Å²) in [6.45, 7) is 5.73. The highest BCUT2D eigenvalue weighted by Gasteiger charge is 2.12. The van der Waals surface area contributed by atoms with Crippen LogP contribution in [0.25, 0.3) is 11.3 Å². The topological polar surface area (TPSA) is 38.1 Å². The molecular formula is C17H22ClN3O. The van der Waals surface area contributed by atoms with E-state index < -0.39 is 0 Å². The molecule has 2 aromatic rings. The molecule has 1 aromatic carbocycles. The maximum atomic E-state index is 12.2. The molecule has 1 fully saturated rings. The Bertz CT molecular complexity index is 663. The number of hydrogen-bond acceptors (Lipinski definition) is 3. The Hall–Kier alpha value is -1.65. The van der Waals surface area contributed by atoms with Gasteiger partial charge in [0.1, 0.15) is 0 Å². The van der Waals surface area contributed by atoms with Crippen LogP contribution in [-0.2, 0) is 6.54 Å². The summed E-state index contributed by atoms with van der Waals surface area (Å²) in [7, 11) is 0. The van der Waals surface area contributed by atoms with E-state index in [1.54, 1.807) is 4.68 Å². The van der Waals surface area contributed by atoms with Gasteiger partial charge in [0.15, 0.2) is 0 Å². The lowest BCUT2D eigenvalue weighted by Crippen LogP contribution is -2.31. The molecule has 3 rings (SSSR count). The first kappa shape index (κ1) is 16.7. The molecule has 2 heterocycles. The van der Waals surface area contributed by atoms with Crippen molar-refractivity contribution in [1.82, 2.24) is 14.7 Å². The molecule has 4 nitrogen and oxygen atoms in total. The lowest BCUT2D eigenvalue weighted by Gasteiger charge is -2.15. The van der Waals surface area contributed by atoms with Gasteiger partial charge in [-0.15, -0.1) is 12.4 Å². The predicted molar refractivity (Wildman–Crippen MR) is 91.6 cm³/mol. The summed E-state index contributed by atoms with van der Waals surface area (Å²) >= 11 is 0. The highest BCUT2D eigenvalue weighted by atomic mass is 35.5. The fourth-order valence-corrected chi connectivity index (χ4v) is 2.82. The summed E-state index contributed by atoms with van der Waals surface area (Å²) in [5, 5.41) is 4.54. The maximum Gasteiger partial charge on any atom is 0.269 e. The molecule has 5 heteroatoms. The summed E-state index contributed by atoms with van der Waals surface area (Å²) < 4.78 is 1.62. The van der Waals surface area contributed by atoms with E-state index in [-0.39, 0.29) is 18.0 Å². The van der Waals surface area contributed by atoms with E-state index in [1.807, 2.05) is 43.3 Å². The van der Waals surface area contributed by atoms with Crippen LogP contribution in [0.15, 0.2) is 41.2 Å². The van der Waals surface area contributed by atoms with E-state index in [2.05, 4.69) is 10.00 Å². The number of aryl methyl sites for hydroxylation is 1. The molecule has 0 saturated carbocycles. The summed E-state index contributed by atoms with van der Waals surface area (Å²) in [5.74, 6) is 0. The van der Waals surface area contributed by atoms with Gasteiger partial charge in [-0.05, 0) is 38.9 Å². The molecule has 0 aliphatic carbocycles. The van der Waals surface area contributed by atoms with Crippen molar-refractivity contribution >= 4 is 12.4 Å². The van der Waals surface area contributed by atoms with Crippen LogP contribution in [0.2, 0.25) is 0 Å². The Labute approximate surface area is 137 Å². The number of aromatic nitrogens is 2. The predicted octanol–water partition coefficient (Wildman–Crippen LogP) is 2.74. The van der Waals surface area contributed by atoms with E-state index in [0.717, 1.165) is 36.5 Å². The fourth-order valence-electron chi connectivity index (χ4n) is 2.82. The number of benzene rings is 1. The van der Waals surface area contributed by atoms with E-state index >= 15 is 0 Å². The van der Waals surface area contributed by atoms with Crippen molar-refractivity contribution in [3.63, 3.8) is 0 Å². The first-order chi connectivity index (χ1) is 10.2. The lowest BCUT2D eigenvalue weighted by molar-refractivity contribution is 0.312. The van der Waals surface area contributed by atoms with Crippen molar-refractivity contribution < 1.29 is 0 Å². The summed E-state index contributed by atoms with van der Waals surface area (Å²) in [5.41, 5.74) is 2.70. The Morgan fingerprint density at radius 2 is 1.77 bits per heavy atom. The first-order valence-electron chi connectivity index (χ1n) is 7.60. The van der Waals surface area contributed by atoms with E-state index in [9.17, 15) is 4.79 Å². The molecule has 0 spiro atoms. The molecule has 22 heavy (non-hydrogen) atoms. The fraction of sp³-hybridized carbons (Fsp3) is 0.412. The monoisotopic (exact) mass is 319 g/mol. The zero-order valence-corrected chi connectivity index (χ0v) is 13.7. The van der Waals surface area contributed by atoms with E-state index in [0.29, 0.717) is 6.54 Å². The number of hydrogen-bond donors (Lipinski definition) is 0. The third-order valence-electron chi connectivity index (χ3n) is 4.05. The van der Waals surface area contributed by atoms with Crippen LogP contribution in [-0.4, -0.2) is 34.3 Å². The number of likely N-dealkylation sites (tertiary alicyclic amines) is 1. The van der Waals surface area contributed by atoms with Gasteiger partial charge in [0, 0.05) is 17.7 Å². The molecule has 1 aliphatic heterocycles. The molecule has 1 aliphatic rings.